The standard InChI is InChI=1S/C14H16ClN5O2/c1-20-8-11(7-17-20)18-13(21)6-12(19-14(16)22)9-2-4-10(15)5-3-9/h2-5,7-8,12H,6H2,1H3,(H,18,21)(H3,16,19,22)/t12-/m1/s1. The van der Waals surface area contributed by atoms with Crippen LogP contribution in [0.3, 0.4) is 0 Å². The van der Waals surface area contributed by atoms with Crippen LogP contribution in [0.1, 0.15) is 18.0 Å². The van der Waals surface area contributed by atoms with Crippen molar-refractivity contribution >= 4 is 29.2 Å². The monoisotopic (exact) mass is 321 g/mol. The SMILES string of the molecule is Cn1cc(NC(=O)C[C@@H](NC(N)=O)c2ccc(Cl)cc2)cn1. The molecule has 7 nitrogen and oxygen atoms in total. The zero-order valence-corrected chi connectivity index (χ0v) is 12.7. The first-order valence-electron chi connectivity index (χ1n) is 6.54. The van der Waals surface area contributed by atoms with Crippen molar-refractivity contribution in [3.8, 4) is 0 Å². The lowest BCUT2D eigenvalue weighted by atomic mass is 10.0. The number of aromatic nitrogens is 2. The Labute approximate surface area is 132 Å². The third-order valence-electron chi connectivity index (χ3n) is 2.97. The van der Waals surface area contributed by atoms with Crippen molar-refractivity contribution in [3.63, 3.8) is 0 Å². The van der Waals surface area contributed by atoms with Crippen molar-refractivity contribution in [1.29, 1.82) is 0 Å². The molecule has 4 N–H and O–H groups in total. The summed E-state index contributed by atoms with van der Waals surface area (Å²) in [5, 5.41) is 9.79. The Balaban J connectivity index is 2.07. The molecule has 8 heteroatoms. The van der Waals surface area contributed by atoms with Gasteiger partial charge in [0.2, 0.25) is 5.91 Å². The zero-order chi connectivity index (χ0) is 16.1. The summed E-state index contributed by atoms with van der Waals surface area (Å²) < 4.78 is 1.58. The van der Waals surface area contributed by atoms with E-state index in [9.17, 15) is 9.59 Å². The van der Waals surface area contributed by atoms with Crippen LogP contribution in [-0.2, 0) is 11.8 Å². The maximum Gasteiger partial charge on any atom is 0.312 e. The molecule has 0 fully saturated rings. The molecule has 0 radical (unpaired) electrons. The number of nitrogens with zero attached hydrogens (tertiary/aromatic N) is 2. The maximum absolute atomic E-state index is 12.1. The molecular formula is C14H16ClN5O2. The topological polar surface area (TPSA) is 102 Å². The summed E-state index contributed by atoms with van der Waals surface area (Å²) in [4.78, 5) is 23.2. The van der Waals surface area contributed by atoms with Gasteiger partial charge in [0.25, 0.3) is 0 Å². The Hall–Kier alpha value is -2.54. The molecular weight excluding hydrogens is 306 g/mol. The molecule has 2 aromatic rings. The molecule has 0 aliphatic rings. The van der Waals surface area contributed by atoms with E-state index < -0.39 is 12.1 Å². The van der Waals surface area contributed by atoms with Gasteiger partial charge in [-0.15, -0.1) is 0 Å². The summed E-state index contributed by atoms with van der Waals surface area (Å²) >= 11 is 5.84. The van der Waals surface area contributed by atoms with Crippen LogP contribution in [0.4, 0.5) is 10.5 Å². The fourth-order valence-corrected chi connectivity index (χ4v) is 2.13. The number of primary amides is 1. The Kier molecular flexibility index (Phi) is 5.00. The number of hydrogen-bond acceptors (Lipinski definition) is 3. The number of hydrogen-bond donors (Lipinski definition) is 3. The molecule has 0 aliphatic carbocycles. The minimum absolute atomic E-state index is 0.0411. The summed E-state index contributed by atoms with van der Waals surface area (Å²) in [6, 6.07) is 5.61. The van der Waals surface area contributed by atoms with Crippen LogP contribution in [0.5, 0.6) is 0 Å². The van der Waals surface area contributed by atoms with Gasteiger partial charge in [0.05, 0.1) is 24.3 Å². The number of nitrogens with two attached hydrogens (primary N) is 1. The lowest BCUT2D eigenvalue weighted by molar-refractivity contribution is -0.116. The normalized spacial score (nSPS) is 11.7. The number of rotatable bonds is 5. The molecule has 0 aliphatic heterocycles. The molecule has 2 rings (SSSR count). The Morgan fingerprint density at radius 2 is 2.05 bits per heavy atom. The lowest BCUT2D eigenvalue weighted by Crippen LogP contribution is -2.35. The summed E-state index contributed by atoms with van der Waals surface area (Å²) in [7, 11) is 1.75. The smallest absolute Gasteiger partial charge is 0.312 e. The second kappa shape index (κ2) is 6.95. The highest BCUT2D eigenvalue weighted by Crippen LogP contribution is 2.20. The molecule has 0 saturated heterocycles. The second-order valence-electron chi connectivity index (χ2n) is 4.77. The number of aryl methyl sites for hydroxylation is 1. The van der Waals surface area contributed by atoms with Gasteiger partial charge in [0.1, 0.15) is 0 Å². The number of carbonyl (C=O) groups excluding carboxylic acids is 2. The third-order valence-corrected chi connectivity index (χ3v) is 3.22. The quantitative estimate of drug-likeness (QED) is 0.782. The molecule has 1 heterocycles. The average molecular weight is 322 g/mol. The van der Waals surface area contributed by atoms with E-state index in [2.05, 4.69) is 15.7 Å². The predicted molar refractivity (Wildman–Crippen MR) is 83.4 cm³/mol. The van der Waals surface area contributed by atoms with Gasteiger partial charge in [-0.3, -0.25) is 9.48 Å². The van der Waals surface area contributed by atoms with E-state index in [4.69, 9.17) is 17.3 Å². The van der Waals surface area contributed by atoms with Gasteiger partial charge in [0.15, 0.2) is 0 Å². The largest absolute Gasteiger partial charge is 0.352 e. The fourth-order valence-electron chi connectivity index (χ4n) is 2.00. The third kappa shape index (κ3) is 4.49. The Morgan fingerprint density at radius 1 is 1.36 bits per heavy atom. The van der Waals surface area contributed by atoms with Gasteiger partial charge in [-0.05, 0) is 17.7 Å². The van der Waals surface area contributed by atoms with Crippen LogP contribution in [0.15, 0.2) is 36.7 Å². The van der Waals surface area contributed by atoms with Crippen molar-refractivity contribution < 1.29 is 9.59 Å². The van der Waals surface area contributed by atoms with Crippen molar-refractivity contribution in [1.82, 2.24) is 15.1 Å². The zero-order valence-electron chi connectivity index (χ0n) is 11.9. The molecule has 22 heavy (non-hydrogen) atoms. The highest BCUT2D eigenvalue weighted by Gasteiger charge is 2.18. The molecule has 0 spiro atoms. The number of benzene rings is 1. The first kappa shape index (κ1) is 15.8. The van der Waals surface area contributed by atoms with Crippen molar-refractivity contribution in [2.45, 2.75) is 12.5 Å². The number of urea groups is 1. The summed E-state index contributed by atoms with van der Waals surface area (Å²) in [6.45, 7) is 0. The molecule has 3 amide bonds. The lowest BCUT2D eigenvalue weighted by Gasteiger charge is -2.17. The summed E-state index contributed by atoms with van der Waals surface area (Å²) in [5.41, 5.74) is 6.50. The highest BCUT2D eigenvalue weighted by atomic mass is 35.5. The van der Waals surface area contributed by atoms with Crippen LogP contribution in [0.25, 0.3) is 0 Å². The van der Waals surface area contributed by atoms with Gasteiger partial charge >= 0.3 is 6.03 Å². The Bertz CT molecular complexity index is 668. The molecule has 1 aromatic heterocycles. The van der Waals surface area contributed by atoms with Gasteiger partial charge in [-0.2, -0.15) is 5.10 Å². The number of carbonyl (C=O) groups is 2. The van der Waals surface area contributed by atoms with Crippen LogP contribution in [0, 0.1) is 0 Å². The van der Waals surface area contributed by atoms with Crippen molar-refractivity contribution in [2.75, 3.05) is 5.32 Å². The van der Waals surface area contributed by atoms with E-state index >= 15 is 0 Å². The number of amides is 3. The van der Waals surface area contributed by atoms with Crippen LogP contribution in [-0.4, -0.2) is 21.7 Å². The molecule has 0 saturated carbocycles. The minimum Gasteiger partial charge on any atom is -0.352 e. The first-order valence-corrected chi connectivity index (χ1v) is 6.92. The first-order chi connectivity index (χ1) is 10.4. The van der Waals surface area contributed by atoms with Crippen LogP contribution in [0.2, 0.25) is 5.02 Å². The predicted octanol–water partition coefficient (Wildman–Crippen LogP) is 1.81. The number of halogens is 1. The maximum atomic E-state index is 12.1. The van der Waals surface area contributed by atoms with E-state index in [0.717, 1.165) is 5.56 Å². The highest BCUT2D eigenvalue weighted by molar-refractivity contribution is 6.30. The fraction of sp³-hybridized carbons (Fsp3) is 0.214. The average Bonchev–Trinajstić information content (AvgIpc) is 2.83. The number of nitrogens with one attached hydrogen (secondary N) is 2. The molecule has 0 unspecified atom stereocenters. The van der Waals surface area contributed by atoms with E-state index in [0.29, 0.717) is 10.7 Å². The van der Waals surface area contributed by atoms with Crippen molar-refractivity contribution in [3.05, 3.63) is 47.2 Å². The minimum atomic E-state index is -0.700. The van der Waals surface area contributed by atoms with E-state index in [1.807, 2.05) is 0 Å². The molecule has 116 valence electrons. The van der Waals surface area contributed by atoms with Gasteiger partial charge in [0, 0.05) is 18.3 Å². The van der Waals surface area contributed by atoms with Gasteiger partial charge in [-0.1, -0.05) is 23.7 Å². The molecule has 1 atom stereocenters. The molecule has 0 bridgehead atoms. The second-order valence-corrected chi connectivity index (χ2v) is 5.20. The van der Waals surface area contributed by atoms with E-state index in [-0.39, 0.29) is 12.3 Å². The number of anilines is 1. The Morgan fingerprint density at radius 3 is 2.59 bits per heavy atom. The van der Waals surface area contributed by atoms with Crippen molar-refractivity contribution in [2.24, 2.45) is 12.8 Å². The molecule has 1 aromatic carbocycles. The summed E-state index contributed by atoms with van der Waals surface area (Å²) in [5.74, 6) is -0.262. The van der Waals surface area contributed by atoms with Crippen LogP contribution < -0.4 is 16.4 Å². The van der Waals surface area contributed by atoms with E-state index in [1.165, 1.54) is 6.20 Å². The summed E-state index contributed by atoms with van der Waals surface area (Å²) in [6.07, 6.45) is 3.26. The van der Waals surface area contributed by atoms with Gasteiger partial charge < -0.3 is 16.4 Å². The van der Waals surface area contributed by atoms with Gasteiger partial charge in [-0.25, -0.2) is 4.79 Å². The van der Waals surface area contributed by atoms with Crippen LogP contribution >= 0.6 is 11.6 Å². The van der Waals surface area contributed by atoms with E-state index in [1.54, 1.807) is 42.2 Å².